The minimum atomic E-state index is -0.173. The Bertz CT molecular complexity index is 647. The smallest absolute Gasteiger partial charge is 0.170 e. The molecule has 0 saturated carbocycles. The first-order chi connectivity index (χ1) is 9.25. The van der Waals surface area contributed by atoms with E-state index >= 15 is 0 Å². The second-order valence-corrected chi connectivity index (χ2v) is 7.13. The third-order valence-corrected chi connectivity index (χ3v) is 4.11. The van der Waals surface area contributed by atoms with Crippen molar-refractivity contribution in [2.24, 2.45) is 0 Å². The second kappa shape index (κ2) is 5.37. The standard InChI is InChI=1S/C13H16Br2N4O/c1-13(2,3)11-12(16)17-18-19(11)9-6-10(20-4)8(15)5-7(9)14/h5-6H,16H2,1-4H3. The lowest BCUT2D eigenvalue weighted by Gasteiger charge is -2.21. The van der Waals surface area contributed by atoms with E-state index in [9.17, 15) is 0 Å². The topological polar surface area (TPSA) is 66.0 Å². The molecule has 5 nitrogen and oxygen atoms in total. The Morgan fingerprint density at radius 3 is 2.40 bits per heavy atom. The van der Waals surface area contributed by atoms with E-state index in [1.54, 1.807) is 11.8 Å². The van der Waals surface area contributed by atoms with Gasteiger partial charge >= 0.3 is 0 Å². The molecule has 1 aromatic carbocycles. The number of hydrogen-bond acceptors (Lipinski definition) is 4. The summed E-state index contributed by atoms with van der Waals surface area (Å²) in [6.07, 6.45) is 0. The van der Waals surface area contributed by atoms with Crippen LogP contribution in [-0.4, -0.2) is 22.1 Å². The Balaban J connectivity index is 2.70. The fraction of sp³-hybridized carbons (Fsp3) is 0.385. The predicted molar refractivity (Wildman–Crippen MR) is 86.4 cm³/mol. The van der Waals surface area contributed by atoms with Gasteiger partial charge in [0.2, 0.25) is 0 Å². The molecule has 0 bridgehead atoms. The first-order valence-corrected chi connectivity index (χ1v) is 7.59. The SMILES string of the molecule is COc1cc(-n2nnc(N)c2C(C)(C)C)c(Br)cc1Br. The molecule has 0 amide bonds. The number of nitrogen functional groups attached to an aromatic ring is 1. The molecule has 2 N–H and O–H groups in total. The van der Waals surface area contributed by atoms with Crippen molar-refractivity contribution in [1.82, 2.24) is 15.0 Å². The highest BCUT2D eigenvalue weighted by Gasteiger charge is 2.26. The van der Waals surface area contributed by atoms with E-state index in [0.717, 1.165) is 26.1 Å². The number of ether oxygens (including phenoxy) is 1. The summed E-state index contributed by atoms with van der Waals surface area (Å²) in [5.74, 6) is 1.16. The molecule has 1 heterocycles. The normalized spacial score (nSPS) is 11.7. The van der Waals surface area contributed by atoms with E-state index in [4.69, 9.17) is 10.5 Å². The van der Waals surface area contributed by atoms with Crippen molar-refractivity contribution in [1.29, 1.82) is 0 Å². The number of rotatable bonds is 2. The van der Waals surface area contributed by atoms with Crippen LogP contribution in [0.2, 0.25) is 0 Å². The van der Waals surface area contributed by atoms with Crippen molar-refractivity contribution in [3.63, 3.8) is 0 Å². The third kappa shape index (κ3) is 2.69. The van der Waals surface area contributed by atoms with Crippen LogP contribution < -0.4 is 10.5 Å². The molecular formula is C13H16Br2N4O. The number of nitrogens with zero attached hydrogens (tertiary/aromatic N) is 3. The molecule has 0 aliphatic heterocycles. The van der Waals surface area contributed by atoms with E-state index < -0.39 is 0 Å². The zero-order chi connectivity index (χ0) is 15.1. The molecule has 1 aromatic heterocycles. The molecular weight excluding hydrogens is 388 g/mol. The van der Waals surface area contributed by atoms with Crippen LogP contribution in [0.25, 0.3) is 5.69 Å². The van der Waals surface area contributed by atoms with Gasteiger partial charge in [-0.2, -0.15) is 0 Å². The zero-order valence-electron chi connectivity index (χ0n) is 11.7. The Hall–Kier alpha value is -1.08. The molecule has 0 atom stereocenters. The molecule has 108 valence electrons. The van der Waals surface area contributed by atoms with Crippen LogP contribution in [0.1, 0.15) is 26.5 Å². The number of methoxy groups -OCH3 is 1. The van der Waals surface area contributed by atoms with Gasteiger partial charge in [0.25, 0.3) is 0 Å². The molecule has 0 saturated heterocycles. The van der Waals surface area contributed by atoms with Gasteiger partial charge in [-0.1, -0.05) is 26.0 Å². The van der Waals surface area contributed by atoms with Gasteiger partial charge in [0.15, 0.2) is 5.82 Å². The Morgan fingerprint density at radius 1 is 1.20 bits per heavy atom. The highest BCUT2D eigenvalue weighted by Crippen LogP contribution is 2.36. The molecule has 0 aliphatic carbocycles. The van der Waals surface area contributed by atoms with E-state index in [1.807, 2.05) is 12.1 Å². The molecule has 0 spiro atoms. The minimum Gasteiger partial charge on any atom is -0.495 e. The van der Waals surface area contributed by atoms with Crippen LogP contribution in [0.4, 0.5) is 5.82 Å². The number of nitrogens with two attached hydrogens (primary N) is 1. The number of aromatic nitrogens is 3. The van der Waals surface area contributed by atoms with Gasteiger partial charge in [0.05, 0.1) is 23.0 Å². The largest absolute Gasteiger partial charge is 0.495 e. The average Bonchev–Trinajstić information content (AvgIpc) is 2.71. The summed E-state index contributed by atoms with van der Waals surface area (Å²) in [6.45, 7) is 6.22. The van der Waals surface area contributed by atoms with E-state index in [2.05, 4.69) is 62.9 Å². The quantitative estimate of drug-likeness (QED) is 0.830. The van der Waals surface area contributed by atoms with E-state index in [-0.39, 0.29) is 5.41 Å². The first kappa shape index (κ1) is 15.3. The highest BCUT2D eigenvalue weighted by atomic mass is 79.9. The molecule has 7 heteroatoms. The van der Waals surface area contributed by atoms with Crippen LogP contribution >= 0.6 is 31.9 Å². The van der Waals surface area contributed by atoms with Crippen molar-refractivity contribution in [3.8, 4) is 11.4 Å². The van der Waals surface area contributed by atoms with Crippen LogP contribution in [0.3, 0.4) is 0 Å². The molecule has 0 aliphatic rings. The van der Waals surface area contributed by atoms with Crippen molar-refractivity contribution in [2.45, 2.75) is 26.2 Å². The van der Waals surface area contributed by atoms with Crippen molar-refractivity contribution < 1.29 is 4.74 Å². The van der Waals surface area contributed by atoms with Gasteiger partial charge in [0.1, 0.15) is 5.75 Å². The van der Waals surface area contributed by atoms with Crippen LogP contribution in [0.15, 0.2) is 21.1 Å². The van der Waals surface area contributed by atoms with Crippen molar-refractivity contribution >= 4 is 37.7 Å². The lowest BCUT2D eigenvalue weighted by atomic mass is 9.91. The Morgan fingerprint density at radius 2 is 1.85 bits per heavy atom. The van der Waals surface area contributed by atoms with Crippen molar-refractivity contribution in [3.05, 3.63) is 26.8 Å². The van der Waals surface area contributed by atoms with Crippen LogP contribution in [0.5, 0.6) is 5.75 Å². The molecule has 0 radical (unpaired) electrons. The summed E-state index contributed by atoms with van der Waals surface area (Å²) >= 11 is 6.99. The Kier molecular flexibility index (Phi) is 4.11. The molecule has 2 aromatic rings. The first-order valence-electron chi connectivity index (χ1n) is 6.00. The third-order valence-electron chi connectivity index (χ3n) is 2.86. The van der Waals surface area contributed by atoms with Crippen LogP contribution in [-0.2, 0) is 5.41 Å². The predicted octanol–water partition coefficient (Wildman–Crippen LogP) is 3.68. The van der Waals surface area contributed by atoms with E-state index in [1.165, 1.54) is 0 Å². The molecule has 0 unspecified atom stereocenters. The maximum absolute atomic E-state index is 5.97. The van der Waals surface area contributed by atoms with E-state index in [0.29, 0.717) is 5.82 Å². The average molecular weight is 404 g/mol. The number of benzene rings is 1. The number of anilines is 1. The van der Waals surface area contributed by atoms with Crippen molar-refractivity contribution in [2.75, 3.05) is 12.8 Å². The lowest BCUT2D eigenvalue weighted by molar-refractivity contribution is 0.411. The lowest BCUT2D eigenvalue weighted by Crippen LogP contribution is -2.19. The second-order valence-electron chi connectivity index (χ2n) is 5.42. The van der Waals surface area contributed by atoms with Gasteiger partial charge in [-0.15, -0.1) is 5.10 Å². The maximum atomic E-state index is 5.97. The Labute approximate surface area is 134 Å². The number of halogens is 2. The molecule has 2 rings (SSSR count). The van der Waals surface area contributed by atoms with Gasteiger partial charge in [0, 0.05) is 16.0 Å². The van der Waals surface area contributed by atoms with Gasteiger partial charge in [-0.05, 0) is 37.9 Å². The summed E-state index contributed by atoms with van der Waals surface area (Å²) in [5.41, 5.74) is 7.49. The van der Waals surface area contributed by atoms with Gasteiger partial charge in [-0.3, -0.25) is 0 Å². The molecule has 0 fully saturated rings. The summed E-state index contributed by atoms with van der Waals surface area (Å²) in [4.78, 5) is 0. The number of hydrogen-bond donors (Lipinski definition) is 1. The maximum Gasteiger partial charge on any atom is 0.170 e. The minimum absolute atomic E-state index is 0.173. The fourth-order valence-corrected chi connectivity index (χ4v) is 3.32. The van der Waals surface area contributed by atoms with Gasteiger partial charge in [-0.25, -0.2) is 4.68 Å². The zero-order valence-corrected chi connectivity index (χ0v) is 14.9. The summed E-state index contributed by atoms with van der Waals surface area (Å²) in [7, 11) is 1.62. The monoisotopic (exact) mass is 402 g/mol. The fourth-order valence-electron chi connectivity index (χ4n) is 2.00. The summed E-state index contributed by atoms with van der Waals surface area (Å²) in [5, 5.41) is 8.15. The summed E-state index contributed by atoms with van der Waals surface area (Å²) in [6, 6.07) is 3.80. The summed E-state index contributed by atoms with van der Waals surface area (Å²) < 4.78 is 8.82. The van der Waals surface area contributed by atoms with Gasteiger partial charge < -0.3 is 10.5 Å². The van der Waals surface area contributed by atoms with Crippen LogP contribution in [0, 0.1) is 0 Å². The molecule has 20 heavy (non-hydrogen) atoms. The highest BCUT2D eigenvalue weighted by molar-refractivity contribution is 9.11.